The molecule has 1 aliphatic rings. The van der Waals surface area contributed by atoms with Gasteiger partial charge >= 0.3 is 0 Å². The number of thiocarbonyl (C=S) groups is 1. The molecule has 3 rings (SSSR count). The molecule has 0 spiro atoms. The number of ether oxygens (including phenoxy) is 1. The zero-order valence-corrected chi connectivity index (χ0v) is 15.5. The van der Waals surface area contributed by atoms with Gasteiger partial charge in [-0.15, -0.1) is 6.58 Å². The molecule has 2 aromatic rings. The predicted octanol–water partition coefficient (Wildman–Crippen LogP) is 3.16. The van der Waals surface area contributed by atoms with Crippen LogP contribution in [0.3, 0.4) is 0 Å². The third-order valence-corrected chi connectivity index (χ3v) is 4.27. The molecule has 0 aliphatic carbocycles. The minimum absolute atomic E-state index is 0.0412. The topological polar surface area (TPSA) is 82.4 Å². The summed E-state index contributed by atoms with van der Waals surface area (Å²) in [7, 11) is 0. The molecule has 138 valence electrons. The Labute approximate surface area is 167 Å². The van der Waals surface area contributed by atoms with Crippen molar-refractivity contribution in [3.05, 3.63) is 77.9 Å². The SMILES string of the molecule is C=CCN1C(=O)C(=Cc2ccccc2Oc2ccccc2C#N)C(=O)NC1=S. The molecule has 6 nitrogen and oxygen atoms in total. The fraction of sp³-hybridized carbons (Fsp3) is 0.0476. The van der Waals surface area contributed by atoms with Gasteiger partial charge in [-0.05, 0) is 36.5 Å². The predicted molar refractivity (Wildman–Crippen MR) is 108 cm³/mol. The van der Waals surface area contributed by atoms with Crippen LogP contribution in [0.5, 0.6) is 11.5 Å². The summed E-state index contributed by atoms with van der Waals surface area (Å²) < 4.78 is 5.87. The van der Waals surface area contributed by atoms with Crippen molar-refractivity contribution in [2.24, 2.45) is 0 Å². The second kappa shape index (κ2) is 8.29. The van der Waals surface area contributed by atoms with E-state index >= 15 is 0 Å². The van der Waals surface area contributed by atoms with Gasteiger partial charge in [0.25, 0.3) is 11.8 Å². The van der Waals surface area contributed by atoms with Crippen molar-refractivity contribution in [3.63, 3.8) is 0 Å². The van der Waals surface area contributed by atoms with Crippen molar-refractivity contribution >= 4 is 35.2 Å². The second-order valence-corrected chi connectivity index (χ2v) is 6.16. The summed E-state index contributed by atoms with van der Waals surface area (Å²) >= 11 is 5.05. The van der Waals surface area contributed by atoms with E-state index in [1.807, 2.05) is 0 Å². The Morgan fingerprint density at radius 3 is 2.54 bits per heavy atom. The number of hydrogen-bond acceptors (Lipinski definition) is 5. The summed E-state index contributed by atoms with van der Waals surface area (Å²) in [6.07, 6.45) is 2.97. The minimum Gasteiger partial charge on any atom is -0.455 e. The van der Waals surface area contributed by atoms with Gasteiger partial charge in [-0.1, -0.05) is 36.4 Å². The molecule has 2 amide bonds. The number of nitriles is 1. The number of nitrogens with one attached hydrogen (secondary N) is 1. The van der Waals surface area contributed by atoms with Crippen molar-refractivity contribution < 1.29 is 14.3 Å². The molecule has 1 fully saturated rings. The van der Waals surface area contributed by atoms with Crippen molar-refractivity contribution in [1.82, 2.24) is 10.2 Å². The fourth-order valence-corrected chi connectivity index (χ4v) is 2.85. The largest absolute Gasteiger partial charge is 0.455 e. The maximum Gasteiger partial charge on any atom is 0.265 e. The lowest BCUT2D eigenvalue weighted by Gasteiger charge is -2.27. The summed E-state index contributed by atoms with van der Waals surface area (Å²) in [4.78, 5) is 26.3. The average molecular weight is 389 g/mol. The lowest BCUT2D eigenvalue weighted by molar-refractivity contribution is -0.128. The smallest absolute Gasteiger partial charge is 0.265 e. The molecule has 1 N–H and O–H groups in total. The zero-order chi connectivity index (χ0) is 20.1. The van der Waals surface area contributed by atoms with Gasteiger partial charge in [0.2, 0.25) is 0 Å². The Morgan fingerprint density at radius 2 is 1.82 bits per heavy atom. The number of para-hydroxylation sites is 2. The van der Waals surface area contributed by atoms with Gasteiger partial charge in [-0.25, -0.2) is 0 Å². The molecule has 28 heavy (non-hydrogen) atoms. The van der Waals surface area contributed by atoms with Gasteiger partial charge < -0.3 is 4.74 Å². The Balaban J connectivity index is 1.99. The Kier molecular flexibility index (Phi) is 5.63. The van der Waals surface area contributed by atoms with E-state index in [1.54, 1.807) is 48.5 Å². The number of hydrogen-bond donors (Lipinski definition) is 1. The van der Waals surface area contributed by atoms with Crippen LogP contribution in [0.2, 0.25) is 0 Å². The monoisotopic (exact) mass is 389 g/mol. The van der Waals surface area contributed by atoms with Gasteiger partial charge in [0, 0.05) is 12.1 Å². The fourth-order valence-electron chi connectivity index (χ4n) is 2.60. The normalized spacial score (nSPS) is 15.2. The number of rotatable bonds is 5. The molecule has 0 bridgehead atoms. The van der Waals surface area contributed by atoms with Crippen LogP contribution < -0.4 is 10.1 Å². The van der Waals surface area contributed by atoms with E-state index in [1.165, 1.54) is 17.1 Å². The molecule has 0 radical (unpaired) electrons. The van der Waals surface area contributed by atoms with E-state index in [9.17, 15) is 14.9 Å². The lowest BCUT2D eigenvalue weighted by Crippen LogP contribution is -2.53. The molecule has 0 aromatic heterocycles. The van der Waals surface area contributed by atoms with Crippen LogP contribution in [0, 0.1) is 11.3 Å². The van der Waals surface area contributed by atoms with Crippen LogP contribution in [0.4, 0.5) is 0 Å². The quantitative estimate of drug-likeness (QED) is 0.368. The van der Waals surface area contributed by atoms with E-state index in [-0.39, 0.29) is 17.2 Å². The highest BCUT2D eigenvalue weighted by Crippen LogP contribution is 2.29. The highest BCUT2D eigenvalue weighted by atomic mass is 32.1. The number of amides is 2. The first kappa shape index (κ1) is 19.0. The minimum atomic E-state index is -0.581. The molecule has 0 saturated carbocycles. The van der Waals surface area contributed by atoms with Crippen LogP contribution in [-0.4, -0.2) is 28.4 Å². The Bertz CT molecular complexity index is 1050. The third-order valence-electron chi connectivity index (χ3n) is 3.94. The standard InChI is InChI=1S/C21H15N3O3S/c1-2-11-24-20(26)16(19(25)23-21(24)28)12-14-7-3-5-9-17(14)27-18-10-6-4-8-15(18)13-22/h2-10,12H,1,11H2,(H,23,25,28). The molecular weight excluding hydrogens is 374 g/mol. The lowest BCUT2D eigenvalue weighted by atomic mass is 10.1. The van der Waals surface area contributed by atoms with Crippen molar-refractivity contribution in [2.45, 2.75) is 0 Å². The van der Waals surface area contributed by atoms with Crippen LogP contribution in [0.25, 0.3) is 6.08 Å². The zero-order valence-electron chi connectivity index (χ0n) is 14.7. The van der Waals surface area contributed by atoms with Gasteiger partial charge in [0.1, 0.15) is 23.1 Å². The van der Waals surface area contributed by atoms with Crippen molar-refractivity contribution in [3.8, 4) is 17.6 Å². The van der Waals surface area contributed by atoms with E-state index in [2.05, 4.69) is 18.0 Å². The van der Waals surface area contributed by atoms with Crippen molar-refractivity contribution in [1.29, 1.82) is 5.26 Å². The molecule has 7 heteroatoms. The molecule has 0 atom stereocenters. The maximum atomic E-state index is 12.7. The highest BCUT2D eigenvalue weighted by molar-refractivity contribution is 7.80. The summed E-state index contributed by atoms with van der Waals surface area (Å²) in [6.45, 7) is 3.78. The summed E-state index contributed by atoms with van der Waals surface area (Å²) in [6, 6.07) is 15.8. The average Bonchev–Trinajstić information content (AvgIpc) is 2.70. The Hall–Kier alpha value is -3.76. The van der Waals surface area contributed by atoms with E-state index in [4.69, 9.17) is 17.0 Å². The molecule has 1 heterocycles. The number of nitrogens with zero attached hydrogens (tertiary/aromatic N) is 2. The van der Waals surface area contributed by atoms with Crippen LogP contribution in [0.1, 0.15) is 11.1 Å². The molecular formula is C21H15N3O3S. The van der Waals surface area contributed by atoms with Crippen LogP contribution in [0.15, 0.2) is 66.8 Å². The first-order chi connectivity index (χ1) is 13.5. The number of carbonyl (C=O) groups is 2. The summed E-state index contributed by atoms with van der Waals surface area (Å²) in [5, 5.41) is 11.8. The highest BCUT2D eigenvalue weighted by Gasteiger charge is 2.32. The van der Waals surface area contributed by atoms with Crippen LogP contribution >= 0.6 is 12.2 Å². The third kappa shape index (κ3) is 3.82. The molecule has 1 aliphatic heterocycles. The number of benzene rings is 2. The maximum absolute atomic E-state index is 12.7. The molecule has 1 saturated heterocycles. The van der Waals surface area contributed by atoms with E-state index in [0.717, 1.165) is 0 Å². The van der Waals surface area contributed by atoms with Crippen LogP contribution in [-0.2, 0) is 9.59 Å². The van der Waals surface area contributed by atoms with E-state index in [0.29, 0.717) is 22.6 Å². The van der Waals surface area contributed by atoms with Gasteiger partial charge in [0.15, 0.2) is 5.11 Å². The molecule has 2 aromatic carbocycles. The van der Waals surface area contributed by atoms with Gasteiger partial charge in [0.05, 0.1) is 5.56 Å². The Morgan fingerprint density at radius 1 is 1.14 bits per heavy atom. The first-order valence-corrected chi connectivity index (χ1v) is 8.71. The molecule has 0 unspecified atom stereocenters. The summed E-state index contributed by atoms with van der Waals surface area (Å²) in [5.41, 5.74) is 0.819. The van der Waals surface area contributed by atoms with Gasteiger partial charge in [-0.3, -0.25) is 19.8 Å². The van der Waals surface area contributed by atoms with E-state index < -0.39 is 11.8 Å². The number of carbonyl (C=O) groups excluding carboxylic acids is 2. The first-order valence-electron chi connectivity index (χ1n) is 8.31. The summed E-state index contributed by atoms with van der Waals surface area (Å²) in [5.74, 6) is -0.310. The second-order valence-electron chi connectivity index (χ2n) is 5.77. The van der Waals surface area contributed by atoms with Gasteiger partial charge in [-0.2, -0.15) is 5.26 Å². The van der Waals surface area contributed by atoms with Crippen molar-refractivity contribution in [2.75, 3.05) is 6.54 Å².